The molecule has 0 aliphatic rings. The van der Waals surface area contributed by atoms with Gasteiger partial charge in [0, 0.05) is 0 Å². The quantitative estimate of drug-likeness (QED) is 0.181. The van der Waals surface area contributed by atoms with Gasteiger partial charge in [-0.3, -0.25) is 0 Å². The molecule has 0 bridgehead atoms. The molecule has 0 heteroatoms. The lowest BCUT2D eigenvalue weighted by atomic mass is 9.80. The number of hydrogen-bond acceptors (Lipinski definition) is 0. The largest absolute Gasteiger partial charge is 0.0622 e. The second kappa shape index (κ2) is 10.9. The number of benzene rings is 9. The zero-order valence-electron chi connectivity index (χ0n) is 25.3. The van der Waals surface area contributed by atoms with Crippen molar-refractivity contribution in [2.75, 3.05) is 0 Å². The summed E-state index contributed by atoms with van der Waals surface area (Å²) >= 11 is 0. The molecule has 46 heavy (non-hydrogen) atoms. The molecule has 0 aromatic heterocycles. The second-order valence-electron chi connectivity index (χ2n) is 12.0. The summed E-state index contributed by atoms with van der Waals surface area (Å²) in [4.78, 5) is 0. The topological polar surface area (TPSA) is 0 Å². The van der Waals surface area contributed by atoms with Gasteiger partial charge >= 0.3 is 0 Å². The van der Waals surface area contributed by atoms with E-state index in [-0.39, 0.29) is 0 Å². The summed E-state index contributed by atoms with van der Waals surface area (Å²) in [7, 11) is 0. The Morgan fingerprint density at radius 1 is 0.239 bits per heavy atom. The van der Waals surface area contributed by atoms with Crippen LogP contribution in [0.5, 0.6) is 0 Å². The van der Waals surface area contributed by atoms with E-state index in [1.165, 1.54) is 87.6 Å². The van der Waals surface area contributed by atoms with Crippen LogP contribution in [0.25, 0.3) is 87.6 Å². The highest BCUT2D eigenvalue weighted by molar-refractivity contribution is 6.27. The third-order valence-electron chi connectivity index (χ3n) is 9.45. The van der Waals surface area contributed by atoms with Gasteiger partial charge in [-0.2, -0.15) is 0 Å². The third kappa shape index (κ3) is 4.23. The minimum absolute atomic E-state index is 1.22. The molecule has 0 aliphatic carbocycles. The predicted molar refractivity (Wildman–Crippen MR) is 198 cm³/mol. The molecule has 9 aromatic rings. The van der Waals surface area contributed by atoms with Crippen molar-refractivity contribution < 1.29 is 0 Å². The maximum Gasteiger partial charge on any atom is -0.00139 e. The molecule has 0 heterocycles. The van der Waals surface area contributed by atoms with E-state index in [9.17, 15) is 0 Å². The van der Waals surface area contributed by atoms with Crippen LogP contribution < -0.4 is 0 Å². The fourth-order valence-electron chi connectivity index (χ4n) is 7.41. The van der Waals surface area contributed by atoms with Gasteiger partial charge in [0.2, 0.25) is 0 Å². The van der Waals surface area contributed by atoms with E-state index >= 15 is 0 Å². The molecule has 0 saturated heterocycles. The van der Waals surface area contributed by atoms with Gasteiger partial charge in [0.15, 0.2) is 0 Å². The van der Waals surface area contributed by atoms with E-state index in [0.29, 0.717) is 0 Å². The summed E-state index contributed by atoms with van der Waals surface area (Å²) in [6.07, 6.45) is 0. The standard InChI is InChI=1S/C46H30/c1-2-15-32(16-3-1)37-21-8-9-22-40(37)46-42-24-11-10-23-41(42)44(39-26-12-19-33-17-6-7-20-36(33)39)43-27-13-25-38(45(43)46)35-29-28-31-14-4-5-18-34(31)30-35/h1-30H. The molecule has 0 aliphatic heterocycles. The zero-order chi connectivity index (χ0) is 30.5. The van der Waals surface area contributed by atoms with E-state index in [2.05, 4.69) is 182 Å². The van der Waals surface area contributed by atoms with Crippen LogP contribution in [0, 0.1) is 0 Å². The maximum atomic E-state index is 2.35. The maximum absolute atomic E-state index is 2.35. The fourth-order valence-corrected chi connectivity index (χ4v) is 7.41. The van der Waals surface area contributed by atoms with Crippen molar-refractivity contribution in [2.45, 2.75) is 0 Å². The summed E-state index contributed by atoms with van der Waals surface area (Å²) in [6, 6.07) is 66.6. The van der Waals surface area contributed by atoms with Crippen LogP contribution >= 0.6 is 0 Å². The Hall–Kier alpha value is -5.98. The first-order valence-corrected chi connectivity index (χ1v) is 15.9. The molecule has 0 atom stereocenters. The molecular formula is C46H30. The third-order valence-corrected chi connectivity index (χ3v) is 9.45. The van der Waals surface area contributed by atoms with Crippen LogP contribution in [0.1, 0.15) is 0 Å². The zero-order valence-corrected chi connectivity index (χ0v) is 25.3. The molecule has 9 aromatic carbocycles. The van der Waals surface area contributed by atoms with Gasteiger partial charge in [0.25, 0.3) is 0 Å². The van der Waals surface area contributed by atoms with Crippen molar-refractivity contribution in [2.24, 2.45) is 0 Å². The Kier molecular flexibility index (Phi) is 6.25. The van der Waals surface area contributed by atoms with Crippen molar-refractivity contribution >= 4 is 43.1 Å². The first-order chi connectivity index (χ1) is 22.8. The summed E-state index contributed by atoms with van der Waals surface area (Å²) in [5, 5.41) is 10.1. The number of fused-ring (bicyclic) bond motifs is 4. The van der Waals surface area contributed by atoms with Gasteiger partial charge in [0.1, 0.15) is 0 Å². The van der Waals surface area contributed by atoms with Crippen LogP contribution in [0.3, 0.4) is 0 Å². The molecule has 0 unspecified atom stereocenters. The average molecular weight is 583 g/mol. The molecule has 0 nitrogen and oxygen atoms in total. The Morgan fingerprint density at radius 3 is 1.61 bits per heavy atom. The van der Waals surface area contributed by atoms with Crippen molar-refractivity contribution in [3.63, 3.8) is 0 Å². The SMILES string of the molecule is c1ccc(-c2ccccc2-c2c3ccccc3c(-c3cccc4ccccc34)c3cccc(-c4ccc5ccccc5c4)c23)cc1. The highest BCUT2D eigenvalue weighted by atomic mass is 14.2. The lowest BCUT2D eigenvalue weighted by Crippen LogP contribution is -1.95. The molecule has 0 fully saturated rings. The van der Waals surface area contributed by atoms with Crippen LogP contribution in [0.2, 0.25) is 0 Å². The Bertz CT molecular complexity index is 2570. The molecule has 0 saturated carbocycles. The average Bonchev–Trinajstić information content (AvgIpc) is 3.13. The van der Waals surface area contributed by atoms with Crippen LogP contribution in [-0.4, -0.2) is 0 Å². The van der Waals surface area contributed by atoms with E-state index in [1.54, 1.807) is 0 Å². The van der Waals surface area contributed by atoms with Crippen molar-refractivity contribution in [3.8, 4) is 44.5 Å². The minimum atomic E-state index is 1.22. The van der Waals surface area contributed by atoms with Crippen molar-refractivity contribution in [3.05, 3.63) is 182 Å². The highest BCUT2D eigenvalue weighted by Gasteiger charge is 2.22. The van der Waals surface area contributed by atoms with E-state index in [4.69, 9.17) is 0 Å². The lowest BCUT2D eigenvalue weighted by molar-refractivity contribution is 1.60. The fraction of sp³-hybridized carbons (Fsp3) is 0. The molecular weight excluding hydrogens is 553 g/mol. The minimum Gasteiger partial charge on any atom is -0.0622 e. The normalized spacial score (nSPS) is 11.5. The molecule has 0 spiro atoms. The van der Waals surface area contributed by atoms with Gasteiger partial charge < -0.3 is 0 Å². The monoisotopic (exact) mass is 582 g/mol. The van der Waals surface area contributed by atoms with Crippen LogP contribution in [0.4, 0.5) is 0 Å². The van der Waals surface area contributed by atoms with E-state index in [0.717, 1.165) is 0 Å². The lowest BCUT2D eigenvalue weighted by Gasteiger charge is -2.22. The van der Waals surface area contributed by atoms with Crippen LogP contribution in [-0.2, 0) is 0 Å². The van der Waals surface area contributed by atoms with Crippen molar-refractivity contribution in [1.29, 1.82) is 0 Å². The molecule has 0 amide bonds. The molecule has 0 N–H and O–H groups in total. The van der Waals surface area contributed by atoms with Crippen LogP contribution in [0.15, 0.2) is 182 Å². The van der Waals surface area contributed by atoms with Gasteiger partial charge in [0.05, 0.1) is 0 Å². The first kappa shape index (κ1) is 26.4. The Labute approximate surface area is 268 Å². The number of hydrogen-bond donors (Lipinski definition) is 0. The molecule has 214 valence electrons. The highest BCUT2D eigenvalue weighted by Crippen LogP contribution is 2.49. The van der Waals surface area contributed by atoms with E-state index in [1.807, 2.05) is 0 Å². The summed E-state index contributed by atoms with van der Waals surface area (Å²) < 4.78 is 0. The van der Waals surface area contributed by atoms with Gasteiger partial charge in [-0.15, -0.1) is 0 Å². The predicted octanol–water partition coefficient (Wildman–Crippen LogP) is 13.0. The second-order valence-corrected chi connectivity index (χ2v) is 12.0. The summed E-state index contributed by atoms with van der Waals surface area (Å²) in [6.45, 7) is 0. The van der Waals surface area contributed by atoms with Gasteiger partial charge in [-0.05, 0) is 93.7 Å². The van der Waals surface area contributed by atoms with Gasteiger partial charge in [-0.1, -0.05) is 176 Å². The van der Waals surface area contributed by atoms with E-state index < -0.39 is 0 Å². The summed E-state index contributed by atoms with van der Waals surface area (Å²) in [5.74, 6) is 0. The molecule has 0 radical (unpaired) electrons. The first-order valence-electron chi connectivity index (χ1n) is 15.9. The Morgan fingerprint density at radius 2 is 0.783 bits per heavy atom. The van der Waals surface area contributed by atoms with Crippen molar-refractivity contribution in [1.82, 2.24) is 0 Å². The van der Waals surface area contributed by atoms with Gasteiger partial charge in [-0.25, -0.2) is 0 Å². The summed E-state index contributed by atoms with van der Waals surface area (Å²) in [5.41, 5.74) is 9.99. The smallest absolute Gasteiger partial charge is 0.00139 e. The molecule has 9 rings (SSSR count). The Balaban J connectivity index is 1.49. The number of rotatable bonds is 4.